The normalized spacial score (nSPS) is 11.7. The number of halogens is 2. The Kier molecular flexibility index (Phi) is 52.8. The van der Waals surface area contributed by atoms with Crippen LogP contribution in [0.25, 0.3) is 0 Å². The third kappa shape index (κ3) is 58.3. The Hall–Kier alpha value is 1.43. The molecule has 0 atom stereocenters. The second-order valence-corrected chi connectivity index (χ2v) is 17.2. The van der Waals surface area contributed by atoms with E-state index in [4.69, 9.17) is 37.3 Å². The molecule has 0 aromatic rings. The van der Waals surface area contributed by atoms with Crippen LogP contribution in [-0.2, 0) is 110 Å². The van der Waals surface area contributed by atoms with Crippen LogP contribution in [0.1, 0.15) is 0 Å². The molecule has 0 aliphatic rings. The molecule has 314 valence electrons. The molecule has 0 fully saturated rings. The van der Waals surface area contributed by atoms with Crippen LogP contribution < -0.4 is 37.3 Å². The SMILES string of the molecule is COP(=O)(OC)OC.COP(=O)(OC)OC.COP(=O)(OC)OC.COP(=O)(OC)OC.COP(=O)(OC)OC.[O-][Cl+3]([O-])([O-])[O-].[O-][Cl+3]([O-])([O-])[O-].[Zn+2]. The van der Waals surface area contributed by atoms with Crippen molar-refractivity contribution in [2.24, 2.45) is 0 Å². The number of hydrogen-bond donors (Lipinski definition) is 0. The average molecular weight is 965 g/mol. The monoisotopic (exact) mass is 962 g/mol. The summed E-state index contributed by atoms with van der Waals surface area (Å²) in [5.41, 5.74) is 0. The zero-order valence-corrected chi connectivity index (χ0v) is 39.1. The van der Waals surface area contributed by atoms with Gasteiger partial charge in [0.2, 0.25) is 0 Å². The first kappa shape index (κ1) is 70.3. The van der Waals surface area contributed by atoms with Gasteiger partial charge in [0.05, 0.1) is 0 Å². The van der Waals surface area contributed by atoms with Gasteiger partial charge in [0.15, 0.2) is 0 Å². The van der Waals surface area contributed by atoms with Crippen LogP contribution in [-0.4, -0.2) is 107 Å². The third-order valence-electron chi connectivity index (χ3n) is 3.35. The van der Waals surface area contributed by atoms with Crippen LogP contribution in [0.2, 0.25) is 0 Å². The van der Waals surface area contributed by atoms with E-state index in [-0.39, 0.29) is 19.5 Å². The molecule has 28 nitrogen and oxygen atoms in total. The van der Waals surface area contributed by atoms with E-state index in [0.29, 0.717) is 0 Å². The second-order valence-electron chi connectivity index (χ2n) is 5.73. The molecule has 36 heteroatoms. The quantitative estimate of drug-likeness (QED) is 0.111. The van der Waals surface area contributed by atoms with Gasteiger partial charge in [-0.3, -0.25) is 67.9 Å². The van der Waals surface area contributed by atoms with E-state index in [1.807, 2.05) is 0 Å². The Bertz CT molecular complexity index is 729. The average Bonchev–Trinajstić information content (AvgIpc) is 3.09. The predicted molar refractivity (Wildman–Crippen MR) is 143 cm³/mol. The molecule has 0 bridgehead atoms. The summed E-state index contributed by atoms with van der Waals surface area (Å²) in [6.45, 7) is 0. The molecule has 0 amide bonds. The molecule has 0 aliphatic carbocycles. The summed E-state index contributed by atoms with van der Waals surface area (Å²) in [6.07, 6.45) is 0. The van der Waals surface area contributed by atoms with Crippen molar-refractivity contribution in [1.29, 1.82) is 0 Å². The molecule has 0 saturated carbocycles. The van der Waals surface area contributed by atoms with E-state index in [1.165, 1.54) is 107 Å². The van der Waals surface area contributed by atoms with Gasteiger partial charge in [0.1, 0.15) is 0 Å². The molecule has 0 rings (SSSR count). The van der Waals surface area contributed by atoms with Crippen molar-refractivity contribution >= 4 is 39.1 Å². The van der Waals surface area contributed by atoms with Gasteiger partial charge in [-0.25, -0.2) is 60.1 Å². The predicted octanol–water partition coefficient (Wildman–Crippen LogP) is -4.35. The first-order chi connectivity index (χ1) is 22.4. The van der Waals surface area contributed by atoms with Gasteiger partial charge in [0.25, 0.3) is 0 Å². The molecular formula is C15H45Cl2O28P5Zn. The minimum absolute atomic E-state index is 0. The standard InChI is InChI=1S/5C3H9O4P.2ClHO4.Zn/c5*1-5-8(4,6-2)7-3;2*2-1(3,4)5;/h5*1-3H3;2*(H,2,3,4,5);/q;;;;;;;+2/p-2. The molecule has 0 saturated heterocycles. The van der Waals surface area contributed by atoms with Crippen molar-refractivity contribution in [2.45, 2.75) is 0 Å². The van der Waals surface area contributed by atoms with Crippen molar-refractivity contribution in [1.82, 2.24) is 0 Å². The number of rotatable bonds is 15. The Balaban J connectivity index is -0.0000000708. The summed E-state index contributed by atoms with van der Waals surface area (Å²) in [5.74, 6) is 0. The molecular weight excluding hydrogens is 919 g/mol. The maximum atomic E-state index is 10.7. The van der Waals surface area contributed by atoms with Gasteiger partial charge in [-0.05, 0) is 0 Å². The van der Waals surface area contributed by atoms with Gasteiger partial charge < -0.3 is 0 Å². The summed E-state index contributed by atoms with van der Waals surface area (Å²) in [4.78, 5) is 0. The minimum Gasteiger partial charge on any atom is -0.290 e. The first-order valence-electron chi connectivity index (χ1n) is 11.0. The van der Waals surface area contributed by atoms with Crippen LogP contribution in [0.5, 0.6) is 0 Å². The molecule has 0 aromatic heterocycles. The fraction of sp³-hybridized carbons (Fsp3) is 1.00. The minimum atomic E-state index is -4.94. The number of hydrogen-bond acceptors (Lipinski definition) is 28. The van der Waals surface area contributed by atoms with E-state index in [9.17, 15) is 22.8 Å². The van der Waals surface area contributed by atoms with Gasteiger partial charge in [-0.15, -0.1) is 20.5 Å². The Labute approximate surface area is 312 Å². The van der Waals surface area contributed by atoms with Crippen LogP contribution in [0.15, 0.2) is 0 Å². The molecule has 0 N–H and O–H groups in total. The maximum absolute atomic E-state index is 10.7. The largest absolute Gasteiger partial charge is 2.00 e. The molecule has 0 unspecified atom stereocenters. The maximum Gasteiger partial charge on any atom is 2.00 e. The van der Waals surface area contributed by atoms with Crippen molar-refractivity contribution in [3.05, 3.63) is 0 Å². The van der Waals surface area contributed by atoms with E-state index in [2.05, 4.69) is 67.9 Å². The van der Waals surface area contributed by atoms with Gasteiger partial charge in [-0.1, -0.05) is 0 Å². The smallest absolute Gasteiger partial charge is 0.290 e. The molecule has 0 heterocycles. The summed E-state index contributed by atoms with van der Waals surface area (Å²) >= 11 is 0. The van der Waals surface area contributed by atoms with Crippen LogP contribution >= 0.6 is 39.1 Å². The van der Waals surface area contributed by atoms with E-state index in [1.54, 1.807) is 0 Å². The van der Waals surface area contributed by atoms with E-state index >= 15 is 0 Å². The molecule has 0 radical (unpaired) electrons. The Morgan fingerprint density at radius 1 is 0.255 bits per heavy atom. The zero-order valence-electron chi connectivity index (χ0n) is 30.1. The molecule has 51 heavy (non-hydrogen) atoms. The third-order valence-corrected chi connectivity index (χ3v) is 10.1. The van der Waals surface area contributed by atoms with Crippen LogP contribution in [0.4, 0.5) is 0 Å². The topological polar surface area (TPSA) is 408 Å². The van der Waals surface area contributed by atoms with Crippen LogP contribution in [0, 0.1) is 20.5 Å². The zero-order chi connectivity index (χ0) is 42.1. The fourth-order valence-corrected chi connectivity index (χ4v) is 3.35. The summed E-state index contributed by atoms with van der Waals surface area (Å²) in [5, 5.41) is 0. The Morgan fingerprint density at radius 2 is 0.294 bits per heavy atom. The molecule has 0 spiro atoms. The second kappa shape index (κ2) is 38.3. The fourth-order valence-electron chi connectivity index (χ4n) is 1.12. The van der Waals surface area contributed by atoms with Gasteiger partial charge in [0, 0.05) is 107 Å². The van der Waals surface area contributed by atoms with Crippen molar-refractivity contribution < 1.29 is 168 Å². The van der Waals surface area contributed by atoms with Crippen LogP contribution in [0.3, 0.4) is 0 Å². The first-order valence-corrected chi connectivity index (χ1v) is 20.8. The van der Waals surface area contributed by atoms with E-state index < -0.39 is 59.6 Å². The summed E-state index contributed by atoms with van der Waals surface area (Å²) in [6, 6.07) is 0. The molecule has 0 aliphatic heterocycles. The summed E-state index contributed by atoms with van der Waals surface area (Å²) in [7, 11) is -6.83. The van der Waals surface area contributed by atoms with Crippen molar-refractivity contribution in [3.63, 3.8) is 0 Å². The molecule has 0 aromatic carbocycles. The number of phosphoric acid groups is 5. The van der Waals surface area contributed by atoms with Crippen molar-refractivity contribution in [2.75, 3.05) is 107 Å². The summed E-state index contributed by atoms with van der Waals surface area (Å²) < 4.78 is 186. The Morgan fingerprint density at radius 3 is 0.294 bits per heavy atom. The van der Waals surface area contributed by atoms with E-state index in [0.717, 1.165) is 0 Å². The number of phosphoric ester groups is 5. The van der Waals surface area contributed by atoms with Crippen molar-refractivity contribution in [3.8, 4) is 0 Å². The van der Waals surface area contributed by atoms with Gasteiger partial charge in [-0.2, -0.15) is 0 Å². The van der Waals surface area contributed by atoms with Gasteiger partial charge >= 0.3 is 58.6 Å².